The molecule has 4 rings (SSSR count). The van der Waals surface area contributed by atoms with E-state index >= 15 is 0 Å². The molecule has 1 aromatic heterocycles. The van der Waals surface area contributed by atoms with Crippen molar-refractivity contribution in [2.75, 3.05) is 6.54 Å². The third-order valence-corrected chi connectivity index (χ3v) is 5.58. The summed E-state index contributed by atoms with van der Waals surface area (Å²) in [6.45, 7) is 5.28. The molecule has 3 aromatic rings. The Kier molecular flexibility index (Phi) is 4.45. The van der Waals surface area contributed by atoms with E-state index in [0.29, 0.717) is 11.6 Å². The first-order valence-electron chi connectivity index (χ1n) is 9.00. The van der Waals surface area contributed by atoms with Gasteiger partial charge in [0.2, 0.25) is 5.91 Å². The highest BCUT2D eigenvalue weighted by atomic mass is 35.5. The van der Waals surface area contributed by atoms with Gasteiger partial charge in [-0.1, -0.05) is 23.7 Å². The van der Waals surface area contributed by atoms with Crippen molar-refractivity contribution in [3.63, 3.8) is 0 Å². The maximum atomic E-state index is 13.0. The maximum Gasteiger partial charge on any atom is 0.243 e. The predicted molar refractivity (Wildman–Crippen MR) is 104 cm³/mol. The Balaban J connectivity index is 1.59. The number of aromatic nitrogens is 2. The van der Waals surface area contributed by atoms with Gasteiger partial charge in [-0.2, -0.15) is 0 Å². The van der Waals surface area contributed by atoms with Gasteiger partial charge in [-0.3, -0.25) is 4.79 Å². The molecule has 134 valence electrons. The minimum atomic E-state index is 0.111. The number of halogens is 1. The van der Waals surface area contributed by atoms with Crippen LogP contribution in [0.5, 0.6) is 0 Å². The number of amides is 1. The maximum absolute atomic E-state index is 13.0. The molecular formula is C21H22ClN3O. The van der Waals surface area contributed by atoms with Gasteiger partial charge in [0.1, 0.15) is 6.54 Å². The molecule has 0 spiro atoms. The zero-order valence-corrected chi connectivity index (χ0v) is 15.8. The summed E-state index contributed by atoms with van der Waals surface area (Å²) in [5.74, 6) is 0.130. The summed E-state index contributed by atoms with van der Waals surface area (Å²) < 4.78 is 1.96. The summed E-state index contributed by atoms with van der Waals surface area (Å²) in [6, 6.07) is 12.2. The smallest absolute Gasteiger partial charge is 0.243 e. The van der Waals surface area contributed by atoms with E-state index < -0.39 is 0 Å². The van der Waals surface area contributed by atoms with Gasteiger partial charge in [0.25, 0.3) is 0 Å². The molecule has 1 atom stereocenters. The molecule has 1 fully saturated rings. The lowest BCUT2D eigenvalue weighted by atomic mass is 10.0. The number of hydrogen-bond donors (Lipinski definition) is 0. The summed E-state index contributed by atoms with van der Waals surface area (Å²) in [7, 11) is 0. The topological polar surface area (TPSA) is 38.1 Å². The van der Waals surface area contributed by atoms with Crippen LogP contribution in [0.1, 0.15) is 35.6 Å². The van der Waals surface area contributed by atoms with Crippen molar-refractivity contribution in [3.8, 4) is 0 Å². The van der Waals surface area contributed by atoms with Gasteiger partial charge in [0, 0.05) is 11.6 Å². The lowest BCUT2D eigenvalue weighted by Gasteiger charge is -2.25. The summed E-state index contributed by atoms with van der Waals surface area (Å²) in [6.07, 6.45) is 3.77. The molecule has 2 aromatic carbocycles. The molecule has 0 N–H and O–H groups in total. The Morgan fingerprint density at radius 1 is 1.23 bits per heavy atom. The Hall–Kier alpha value is -2.33. The quantitative estimate of drug-likeness (QED) is 0.674. The lowest BCUT2D eigenvalue weighted by molar-refractivity contribution is -0.132. The average molecular weight is 368 g/mol. The number of benzene rings is 2. The molecule has 0 aliphatic carbocycles. The molecule has 1 unspecified atom stereocenters. The monoisotopic (exact) mass is 367 g/mol. The first kappa shape index (κ1) is 17.1. The SMILES string of the molecule is Cc1cc2ncn(CC(=O)N3CCCC3c3cccc(Cl)c3)c2cc1C. The van der Waals surface area contributed by atoms with Crippen LogP contribution in [-0.2, 0) is 11.3 Å². The number of fused-ring (bicyclic) bond motifs is 1. The van der Waals surface area contributed by atoms with Gasteiger partial charge < -0.3 is 9.47 Å². The minimum Gasteiger partial charge on any atom is -0.334 e. The van der Waals surface area contributed by atoms with Crippen molar-refractivity contribution in [1.82, 2.24) is 14.5 Å². The summed E-state index contributed by atoms with van der Waals surface area (Å²) in [4.78, 5) is 19.5. The molecule has 0 radical (unpaired) electrons. The van der Waals surface area contributed by atoms with Crippen LogP contribution < -0.4 is 0 Å². The number of hydrogen-bond acceptors (Lipinski definition) is 2. The van der Waals surface area contributed by atoms with Crippen LogP contribution in [0.15, 0.2) is 42.7 Å². The third kappa shape index (κ3) is 3.10. The predicted octanol–water partition coefficient (Wildman–Crippen LogP) is 4.67. The molecular weight excluding hydrogens is 346 g/mol. The van der Waals surface area contributed by atoms with Crippen molar-refractivity contribution < 1.29 is 4.79 Å². The van der Waals surface area contributed by atoms with E-state index in [-0.39, 0.29) is 11.9 Å². The Morgan fingerprint density at radius 3 is 2.85 bits per heavy atom. The fraction of sp³-hybridized carbons (Fsp3) is 0.333. The number of imidazole rings is 1. The van der Waals surface area contributed by atoms with Crippen LogP contribution >= 0.6 is 11.6 Å². The summed E-state index contributed by atoms with van der Waals surface area (Å²) >= 11 is 6.14. The van der Waals surface area contributed by atoms with Crippen LogP contribution in [0.25, 0.3) is 11.0 Å². The molecule has 1 aliphatic heterocycles. The first-order valence-corrected chi connectivity index (χ1v) is 9.38. The van der Waals surface area contributed by atoms with E-state index in [1.165, 1.54) is 11.1 Å². The molecule has 1 saturated heterocycles. The van der Waals surface area contributed by atoms with Crippen LogP contribution in [-0.4, -0.2) is 26.9 Å². The second kappa shape index (κ2) is 6.76. The van der Waals surface area contributed by atoms with Gasteiger partial charge in [-0.25, -0.2) is 4.98 Å². The molecule has 26 heavy (non-hydrogen) atoms. The molecule has 5 heteroatoms. The van der Waals surface area contributed by atoms with Gasteiger partial charge >= 0.3 is 0 Å². The highest BCUT2D eigenvalue weighted by Crippen LogP contribution is 2.33. The largest absolute Gasteiger partial charge is 0.334 e. The number of rotatable bonds is 3. The number of likely N-dealkylation sites (tertiary alicyclic amines) is 1. The van der Waals surface area contributed by atoms with E-state index in [1.807, 2.05) is 27.7 Å². The second-order valence-corrected chi connectivity index (χ2v) is 7.53. The number of nitrogens with zero attached hydrogens (tertiary/aromatic N) is 3. The highest BCUT2D eigenvalue weighted by molar-refractivity contribution is 6.30. The van der Waals surface area contributed by atoms with E-state index in [2.05, 4.69) is 37.0 Å². The molecule has 4 nitrogen and oxygen atoms in total. The molecule has 1 aliphatic rings. The van der Waals surface area contributed by atoms with E-state index in [4.69, 9.17) is 11.6 Å². The van der Waals surface area contributed by atoms with Crippen molar-refractivity contribution >= 4 is 28.5 Å². The van der Waals surface area contributed by atoms with Crippen molar-refractivity contribution in [3.05, 3.63) is 64.4 Å². The normalized spacial score (nSPS) is 17.2. The Labute approximate surface area is 158 Å². The zero-order chi connectivity index (χ0) is 18.3. The number of carbonyl (C=O) groups is 1. The average Bonchev–Trinajstić information content (AvgIpc) is 3.23. The van der Waals surface area contributed by atoms with Gasteiger partial charge in [0.05, 0.1) is 23.4 Å². The molecule has 2 heterocycles. The van der Waals surface area contributed by atoms with Crippen molar-refractivity contribution in [1.29, 1.82) is 0 Å². The summed E-state index contributed by atoms with van der Waals surface area (Å²) in [5, 5.41) is 0.716. The Morgan fingerprint density at radius 2 is 2.04 bits per heavy atom. The fourth-order valence-electron chi connectivity index (χ4n) is 3.80. The van der Waals surface area contributed by atoms with Gasteiger partial charge in [-0.05, 0) is 67.6 Å². The van der Waals surface area contributed by atoms with E-state index in [0.717, 1.165) is 36.0 Å². The third-order valence-electron chi connectivity index (χ3n) is 5.35. The molecule has 0 saturated carbocycles. The van der Waals surface area contributed by atoms with Crippen LogP contribution in [0, 0.1) is 13.8 Å². The standard InChI is InChI=1S/C21H22ClN3O/c1-14-9-18-20(10-15(14)2)24(13-23-18)12-21(26)25-8-4-7-19(25)16-5-3-6-17(22)11-16/h3,5-6,9-11,13,19H,4,7-8,12H2,1-2H3. The second-order valence-electron chi connectivity index (χ2n) is 7.10. The summed E-state index contributed by atoms with van der Waals surface area (Å²) in [5.41, 5.74) is 5.50. The van der Waals surface area contributed by atoms with Crippen molar-refractivity contribution in [2.24, 2.45) is 0 Å². The number of carbonyl (C=O) groups excluding carboxylic acids is 1. The fourth-order valence-corrected chi connectivity index (χ4v) is 4.00. The molecule has 1 amide bonds. The van der Waals surface area contributed by atoms with Crippen LogP contribution in [0.2, 0.25) is 5.02 Å². The van der Waals surface area contributed by atoms with Gasteiger partial charge in [-0.15, -0.1) is 0 Å². The Bertz CT molecular complexity index is 979. The number of aryl methyl sites for hydroxylation is 2. The van der Waals surface area contributed by atoms with E-state index in [9.17, 15) is 4.79 Å². The first-order chi connectivity index (χ1) is 12.5. The lowest BCUT2D eigenvalue weighted by Crippen LogP contribution is -2.33. The van der Waals surface area contributed by atoms with Crippen LogP contribution in [0.3, 0.4) is 0 Å². The highest BCUT2D eigenvalue weighted by Gasteiger charge is 2.30. The molecule has 0 bridgehead atoms. The minimum absolute atomic E-state index is 0.111. The van der Waals surface area contributed by atoms with Crippen LogP contribution in [0.4, 0.5) is 0 Å². The zero-order valence-electron chi connectivity index (χ0n) is 15.1. The van der Waals surface area contributed by atoms with Crippen molar-refractivity contribution in [2.45, 2.75) is 39.3 Å². The van der Waals surface area contributed by atoms with Gasteiger partial charge in [0.15, 0.2) is 0 Å². The van der Waals surface area contributed by atoms with E-state index in [1.54, 1.807) is 6.33 Å².